The Morgan fingerprint density at radius 1 is 1.28 bits per heavy atom. The maximum absolute atomic E-state index is 4.27. The first-order valence-corrected chi connectivity index (χ1v) is 6.94. The topological polar surface area (TPSA) is 42.2 Å². The molecule has 0 amide bonds. The zero-order valence-corrected chi connectivity index (χ0v) is 10.4. The van der Waals surface area contributed by atoms with Crippen molar-refractivity contribution in [3.63, 3.8) is 0 Å². The van der Waals surface area contributed by atoms with E-state index in [1.165, 1.54) is 25.7 Å². The maximum Gasteiger partial charge on any atom is 0.160 e. The fourth-order valence-corrected chi connectivity index (χ4v) is 3.40. The van der Waals surface area contributed by atoms with Gasteiger partial charge in [-0.1, -0.05) is 18.9 Å². The van der Waals surface area contributed by atoms with E-state index in [1.54, 1.807) is 0 Å². The lowest BCUT2D eigenvalue weighted by molar-refractivity contribution is 0.349. The second-order valence-electron chi connectivity index (χ2n) is 5.62. The van der Waals surface area contributed by atoms with Crippen molar-refractivity contribution in [2.24, 2.45) is 11.8 Å². The fraction of sp³-hybridized carbons (Fsp3) is 0.571. The highest BCUT2D eigenvalue weighted by Gasteiger charge is 2.44. The zero-order chi connectivity index (χ0) is 11.9. The van der Waals surface area contributed by atoms with E-state index in [2.05, 4.69) is 19.9 Å². The monoisotopic (exact) mass is 242 g/mol. The van der Waals surface area contributed by atoms with E-state index in [4.69, 9.17) is 0 Å². The van der Waals surface area contributed by atoms with E-state index in [1.807, 2.05) is 24.4 Å². The first kappa shape index (κ1) is 10.5. The minimum Gasteiger partial charge on any atom is -0.307 e. The highest BCUT2D eigenvalue weighted by molar-refractivity contribution is 5.36. The van der Waals surface area contributed by atoms with Crippen LogP contribution in [0.1, 0.15) is 31.5 Å². The molecule has 94 valence electrons. The van der Waals surface area contributed by atoms with E-state index >= 15 is 0 Å². The van der Waals surface area contributed by atoms with Crippen molar-refractivity contribution in [2.45, 2.75) is 38.3 Å². The number of aromatic nitrogens is 3. The van der Waals surface area contributed by atoms with Gasteiger partial charge in [0.1, 0.15) is 0 Å². The van der Waals surface area contributed by atoms with Crippen molar-refractivity contribution in [1.29, 1.82) is 0 Å². The molecule has 4 rings (SSSR count). The molecular formula is C14H18N4. The summed E-state index contributed by atoms with van der Waals surface area (Å²) in [6, 6.07) is 6.72. The molecule has 2 aliphatic carbocycles. The Balaban J connectivity index is 1.48. The summed E-state index contributed by atoms with van der Waals surface area (Å²) in [6.45, 7) is 0.832. The Morgan fingerprint density at radius 2 is 2.28 bits per heavy atom. The lowest BCUT2D eigenvalue weighted by Crippen LogP contribution is -2.33. The minimum atomic E-state index is 0.708. The highest BCUT2D eigenvalue weighted by Crippen LogP contribution is 2.49. The first-order valence-electron chi connectivity index (χ1n) is 6.94. The van der Waals surface area contributed by atoms with Gasteiger partial charge in [0.05, 0.1) is 6.54 Å². The third-order valence-electron chi connectivity index (χ3n) is 4.49. The van der Waals surface area contributed by atoms with Crippen LogP contribution in [0.15, 0.2) is 24.4 Å². The van der Waals surface area contributed by atoms with Crippen molar-refractivity contribution in [1.82, 2.24) is 19.9 Å². The number of hydrogen-bond donors (Lipinski definition) is 1. The number of fused-ring (bicyclic) bond motifs is 2. The van der Waals surface area contributed by atoms with Gasteiger partial charge in [-0.3, -0.25) is 4.40 Å². The van der Waals surface area contributed by atoms with Gasteiger partial charge in [0.2, 0.25) is 0 Å². The average Bonchev–Trinajstić information content (AvgIpc) is 3.10. The molecule has 2 heterocycles. The van der Waals surface area contributed by atoms with Crippen LogP contribution in [0.5, 0.6) is 0 Å². The fourth-order valence-electron chi connectivity index (χ4n) is 3.40. The van der Waals surface area contributed by atoms with Gasteiger partial charge in [0.15, 0.2) is 11.5 Å². The van der Waals surface area contributed by atoms with Crippen LogP contribution in [-0.4, -0.2) is 20.6 Å². The standard InChI is InChI=1S/C14H18N4/c1-2-7-18-13(6-1)16-17-14(18)9-15-12-5-3-4-10-8-11(10)12/h1-2,6-7,10-12,15H,3-5,8-9H2/t10-,11+,12?/m0/s1. The van der Waals surface area contributed by atoms with Gasteiger partial charge in [0, 0.05) is 12.2 Å². The number of nitrogens with one attached hydrogen (secondary N) is 1. The Bertz CT molecular complexity index is 562. The molecule has 0 aromatic carbocycles. The van der Waals surface area contributed by atoms with E-state index in [9.17, 15) is 0 Å². The van der Waals surface area contributed by atoms with Crippen LogP contribution in [0, 0.1) is 11.8 Å². The van der Waals surface area contributed by atoms with Crippen molar-refractivity contribution in [2.75, 3.05) is 0 Å². The smallest absolute Gasteiger partial charge is 0.160 e. The molecule has 1 unspecified atom stereocenters. The number of nitrogens with zero attached hydrogens (tertiary/aromatic N) is 3. The Kier molecular flexibility index (Phi) is 2.36. The third kappa shape index (κ3) is 1.72. The Morgan fingerprint density at radius 3 is 3.28 bits per heavy atom. The highest BCUT2D eigenvalue weighted by atomic mass is 15.3. The molecule has 0 aliphatic heterocycles. The van der Waals surface area contributed by atoms with Crippen LogP contribution in [-0.2, 0) is 6.54 Å². The molecule has 2 aromatic heterocycles. The second-order valence-corrected chi connectivity index (χ2v) is 5.62. The largest absolute Gasteiger partial charge is 0.307 e. The molecule has 0 radical (unpaired) electrons. The van der Waals surface area contributed by atoms with E-state index in [-0.39, 0.29) is 0 Å². The molecule has 4 nitrogen and oxygen atoms in total. The van der Waals surface area contributed by atoms with Gasteiger partial charge in [-0.25, -0.2) is 0 Å². The summed E-state index contributed by atoms with van der Waals surface area (Å²) in [6.07, 6.45) is 7.65. The number of hydrogen-bond acceptors (Lipinski definition) is 3. The Labute approximate surface area is 106 Å². The van der Waals surface area contributed by atoms with Crippen molar-refractivity contribution >= 4 is 5.65 Å². The van der Waals surface area contributed by atoms with Crippen LogP contribution in [0.2, 0.25) is 0 Å². The lowest BCUT2D eigenvalue weighted by Gasteiger charge is -2.22. The molecule has 4 heteroatoms. The van der Waals surface area contributed by atoms with Gasteiger partial charge < -0.3 is 5.32 Å². The molecule has 0 spiro atoms. The molecule has 0 saturated heterocycles. The summed E-state index contributed by atoms with van der Waals surface area (Å²) in [7, 11) is 0. The molecular weight excluding hydrogens is 224 g/mol. The molecule has 2 saturated carbocycles. The van der Waals surface area contributed by atoms with E-state index in [0.29, 0.717) is 6.04 Å². The van der Waals surface area contributed by atoms with Gasteiger partial charge >= 0.3 is 0 Å². The van der Waals surface area contributed by atoms with E-state index in [0.717, 1.165) is 29.9 Å². The Hall–Kier alpha value is -1.42. The molecule has 1 N–H and O–H groups in total. The second kappa shape index (κ2) is 4.05. The zero-order valence-electron chi connectivity index (χ0n) is 10.4. The average molecular weight is 242 g/mol. The maximum atomic E-state index is 4.27. The first-order chi connectivity index (χ1) is 8.92. The van der Waals surface area contributed by atoms with Crippen LogP contribution < -0.4 is 5.32 Å². The molecule has 3 atom stereocenters. The SMILES string of the molecule is c1ccn2c(CNC3CCC[C@H]4C[C@@H]34)nnc2c1. The van der Waals surface area contributed by atoms with Gasteiger partial charge in [-0.2, -0.15) is 0 Å². The minimum absolute atomic E-state index is 0.708. The van der Waals surface area contributed by atoms with E-state index < -0.39 is 0 Å². The molecule has 2 aliphatic rings. The van der Waals surface area contributed by atoms with Gasteiger partial charge in [-0.15, -0.1) is 10.2 Å². The predicted octanol–water partition coefficient (Wildman–Crippen LogP) is 2.01. The van der Waals surface area contributed by atoms with Crippen LogP contribution in [0.3, 0.4) is 0 Å². The molecule has 0 bridgehead atoms. The van der Waals surface area contributed by atoms with Crippen molar-refractivity contribution < 1.29 is 0 Å². The number of rotatable bonds is 3. The van der Waals surface area contributed by atoms with Crippen molar-refractivity contribution in [3.8, 4) is 0 Å². The summed E-state index contributed by atoms with van der Waals surface area (Å²) in [5.74, 6) is 2.98. The lowest BCUT2D eigenvalue weighted by atomic mass is 9.95. The quantitative estimate of drug-likeness (QED) is 0.895. The van der Waals surface area contributed by atoms with Gasteiger partial charge in [-0.05, 0) is 36.8 Å². The summed E-state index contributed by atoms with van der Waals surface area (Å²) in [5.41, 5.74) is 0.933. The van der Waals surface area contributed by atoms with Crippen LogP contribution in [0.4, 0.5) is 0 Å². The molecule has 18 heavy (non-hydrogen) atoms. The number of pyridine rings is 1. The summed E-state index contributed by atoms with van der Waals surface area (Å²) < 4.78 is 2.07. The summed E-state index contributed by atoms with van der Waals surface area (Å²) in [5, 5.41) is 12.1. The van der Waals surface area contributed by atoms with Gasteiger partial charge in [0.25, 0.3) is 0 Å². The molecule has 2 aromatic rings. The van der Waals surface area contributed by atoms with Crippen LogP contribution in [0.25, 0.3) is 5.65 Å². The van der Waals surface area contributed by atoms with Crippen LogP contribution >= 0.6 is 0 Å². The third-order valence-corrected chi connectivity index (χ3v) is 4.49. The summed E-state index contributed by atoms with van der Waals surface area (Å²) in [4.78, 5) is 0. The predicted molar refractivity (Wildman–Crippen MR) is 69.1 cm³/mol. The summed E-state index contributed by atoms with van der Waals surface area (Å²) >= 11 is 0. The molecule has 2 fully saturated rings. The normalized spacial score (nSPS) is 30.3. The van der Waals surface area contributed by atoms with Crippen molar-refractivity contribution in [3.05, 3.63) is 30.2 Å².